The number of hydrogen-bond acceptors (Lipinski definition) is 5. The van der Waals surface area contributed by atoms with E-state index in [1.807, 2.05) is 16.3 Å². The molecular weight excluding hydrogens is 336 g/mol. The highest BCUT2D eigenvalue weighted by Crippen LogP contribution is 2.19. The minimum Gasteiger partial charge on any atom is -0.465 e. The Labute approximate surface area is 151 Å². The summed E-state index contributed by atoms with van der Waals surface area (Å²) in [5.41, 5.74) is 3.43. The summed E-state index contributed by atoms with van der Waals surface area (Å²) >= 11 is 1.38. The molecule has 0 radical (unpaired) electrons. The lowest BCUT2D eigenvalue weighted by molar-refractivity contribution is -0.136. The average molecular weight is 358 g/mol. The molecule has 0 bridgehead atoms. The van der Waals surface area contributed by atoms with Crippen LogP contribution < -0.4 is 0 Å². The number of thiophene rings is 1. The smallest absolute Gasteiger partial charge is 0.348 e. The highest BCUT2D eigenvalue weighted by Gasteiger charge is 2.24. The minimum atomic E-state index is -0.310. The molecule has 1 aromatic carbocycles. The Kier molecular flexibility index (Phi) is 5.50. The Morgan fingerprint density at radius 2 is 1.92 bits per heavy atom. The summed E-state index contributed by atoms with van der Waals surface area (Å²) < 4.78 is 4.73. The van der Waals surface area contributed by atoms with Gasteiger partial charge in [0, 0.05) is 26.2 Å². The van der Waals surface area contributed by atoms with Crippen LogP contribution in [0.15, 0.2) is 35.7 Å². The molecule has 1 aromatic heterocycles. The summed E-state index contributed by atoms with van der Waals surface area (Å²) in [7, 11) is 1.38. The minimum absolute atomic E-state index is 0.148. The summed E-state index contributed by atoms with van der Waals surface area (Å²) in [4.78, 5) is 28.6. The van der Waals surface area contributed by atoms with Gasteiger partial charge in [-0.25, -0.2) is 4.79 Å². The van der Waals surface area contributed by atoms with E-state index in [0.29, 0.717) is 24.5 Å². The number of esters is 1. The molecule has 1 fully saturated rings. The molecule has 25 heavy (non-hydrogen) atoms. The van der Waals surface area contributed by atoms with Crippen molar-refractivity contribution in [2.24, 2.45) is 0 Å². The van der Waals surface area contributed by atoms with Gasteiger partial charge in [0.1, 0.15) is 4.88 Å². The van der Waals surface area contributed by atoms with E-state index in [9.17, 15) is 9.59 Å². The van der Waals surface area contributed by atoms with Crippen molar-refractivity contribution in [2.45, 2.75) is 20.0 Å². The lowest BCUT2D eigenvalue weighted by Crippen LogP contribution is -2.49. The van der Waals surface area contributed by atoms with Crippen molar-refractivity contribution in [3.8, 4) is 0 Å². The molecule has 2 heterocycles. The second kappa shape index (κ2) is 7.80. The van der Waals surface area contributed by atoms with Gasteiger partial charge in [0.05, 0.1) is 13.7 Å². The van der Waals surface area contributed by atoms with E-state index in [1.54, 1.807) is 0 Å². The van der Waals surface area contributed by atoms with E-state index >= 15 is 0 Å². The van der Waals surface area contributed by atoms with Gasteiger partial charge >= 0.3 is 5.97 Å². The van der Waals surface area contributed by atoms with Crippen molar-refractivity contribution in [3.05, 3.63) is 57.3 Å². The van der Waals surface area contributed by atoms with Gasteiger partial charge in [0.2, 0.25) is 5.91 Å². The molecule has 0 saturated carbocycles. The summed E-state index contributed by atoms with van der Waals surface area (Å²) in [6, 6.07) is 10.2. The molecule has 0 spiro atoms. The molecule has 132 valence electrons. The van der Waals surface area contributed by atoms with Gasteiger partial charge in [-0.15, -0.1) is 11.3 Å². The van der Waals surface area contributed by atoms with E-state index < -0.39 is 0 Å². The predicted octanol–water partition coefficient (Wildman–Crippen LogP) is 2.69. The molecule has 1 amide bonds. The van der Waals surface area contributed by atoms with E-state index in [2.05, 4.69) is 36.1 Å². The highest BCUT2D eigenvalue weighted by atomic mass is 32.1. The number of amides is 1. The van der Waals surface area contributed by atoms with Crippen LogP contribution in [0, 0.1) is 6.92 Å². The van der Waals surface area contributed by atoms with Crippen LogP contribution in [0.5, 0.6) is 0 Å². The molecule has 1 aliphatic rings. The zero-order valence-corrected chi connectivity index (χ0v) is 15.3. The largest absolute Gasteiger partial charge is 0.465 e. The second-order valence-electron chi connectivity index (χ2n) is 6.32. The van der Waals surface area contributed by atoms with Crippen LogP contribution in [0.1, 0.15) is 26.4 Å². The zero-order valence-electron chi connectivity index (χ0n) is 14.5. The first-order chi connectivity index (χ1) is 12.0. The van der Waals surface area contributed by atoms with E-state index in [0.717, 1.165) is 24.2 Å². The number of carbonyl (C=O) groups is 2. The third-order valence-corrected chi connectivity index (χ3v) is 5.30. The molecule has 0 aliphatic carbocycles. The van der Waals surface area contributed by atoms with Crippen LogP contribution in [0.4, 0.5) is 0 Å². The van der Waals surface area contributed by atoms with Gasteiger partial charge in [-0.1, -0.05) is 29.8 Å². The van der Waals surface area contributed by atoms with E-state index in [4.69, 9.17) is 4.74 Å². The van der Waals surface area contributed by atoms with Gasteiger partial charge < -0.3 is 9.64 Å². The third kappa shape index (κ3) is 4.46. The Bertz CT molecular complexity index is 754. The van der Waals surface area contributed by atoms with Gasteiger partial charge in [0.25, 0.3) is 0 Å². The maximum absolute atomic E-state index is 12.4. The number of benzene rings is 1. The lowest BCUT2D eigenvalue weighted by Gasteiger charge is -2.34. The fourth-order valence-electron chi connectivity index (χ4n) is 2.90. The zero-order chi connectivity index (χ0) is 17.8. The quantitative estimate of drug-likeness (QED) is 0.771. The van der Waals surface area contributed by atoms with Gasteiger partial charge in [0.15, 0.2) is 0 Å². The fourth-order valence-corrected chi connectivity index (χ4v) is 3.72. The molecule has 5 nitrogen and oxygen atoms in total. The number of methoxy groups -OCH3 is 1. The Balaban J connectivity index is 1.54. The van der Waals surface area contributed by atoms with Crippen LogP contribution >= 0.6 is 11.3 Å². The molecule has 1 saturated heterocycles. The van der Waals surface area contributed by atoms with Crippen molar-refractivity contribution in [1.82, 2.24) is 9.80 Å². The van der Waals surface area contributed by atoms with Crippen molar-refractivity contribution in [2.75, 3.05) is 26.7 Å². The monoisotopic (exact) mass is 358 g/mol. The van der Waals surface area contributed by atoms with Crippen molar-refractivity contribution < 1.29 is 14.3 Å². The van der Waals surface area contributed by atoms with Crippen molar-refractivity contribution in [1.29, 1.82) is 0 Å². The van der Waals surface area contributed by atoms with E-state index in [1.165, 1.54) is 24.0 Å². The Morgan fingerprint density at radius 3 is 2.60 bits per heavy atom. The van der Waals surface area contributed by atoms with Gasteiger partial charge in [-0.3, -0.25) is 9.69 Å². The van der Waals surface area contributed by atoms with Gasteiger partial charge in [-0.05, 0) is 29.5 Å². The average Bonchev–Trinajstić information content (AvgIpc) is 3.07. The molecule has 6 heteroatoms. The Morgan fingerprint density at radius 1 is 1.16 bits per heavy atom. The Hall–Kier alpha value is -2.18. The topological polar surface area (TPSA) is 49.9 Å². The summed E-state index contributed by atoms with van der Waals surface area (Å²) in [6.07, 6.45) is 0. The van der Waals surface area contributed by atoms with Crippen LogP contribution in [0.25, 0.3) is 0 Å². The number of rotatable bonds is 5. The molecule has 0 unspecified atom stereocenters. The highest BCUT2D eigenvalue weighted by molar-refractivity contribution is 7.12. The second-order valence-corrected chi connectivity index (χ2v) is 7.23. The predicted molar refractivity (Wildman–Crippen MR) is 97.5 cm³/mol. The van der Waals surface area contributed by atoms with Crippen molar-refractivity contribution in [3.63, 3.8) is 0 Å². The molecule has 1 aliphatic heterocycles. The van der Waals surface area contributed by atoms with Crippen LogP contribution in [-0.2, 0) is 22.6 Å². The fraction of sp³-hybridized carbons (Fsp3) is 0.368. The maximum atomic E-state index is 12.4. The number of hydrogen-bond donors (Lipinski definition) is 0. The normalized spacial score (nSPS) is 15.4. The number of ether oxygens (including phenoxy) is 1. The third-order valence-electron chi connectivity index (χ3n) is 4.34. The molecule has 2 aromatic rings. The number of aryl methyl sites for hydroxylation is 1. The first-order valence-corrected chi connectivity index (χ1v) is 9.14. The maximum Gasteiger partial charge on any atom is 0.348 e. The molecule has 0 atom stereocenters. The van der Waals surface area contributed by atoms with E-state index in [-0.39, 0.29) is 11.9 Å². The summed E-state index contributed by atoms with van der Waals surface area (Å²) in [5, 5.41) is 1.95. The lowest BCUT2D eigenvalue weighted by atomic mass is 10.1. The molecule has 0 N–H and O–H groups in total. The van der Waals surface area contributed by atoms with Crippen LogP contribution in [0.3, 0.4) is 0 Å². The molecular formula is C19H22N2O3S. The number of nitrogens with zero attached hydrogens (tertiary/aromatic N) is 2. The van der Waals surface area contributed by atoms with Crippen LogP contribution in [-0.4, -0.2) is 48.4 Å². The number of piperazine rings is 1. The first kappa shape index (κ1) is 17.6. The molecule has 3 rings (SSSR count). The summed E-state index contributed by atoms with van der Waals surface area (Å²) in [6.45, 7) is 5.37. The van der Waals surface area contributed by atoms with Crippen molar-refractivity contribution >= 4 is 23.2 Å². The standard InChI is InChI=1S/C19H22N2O3S/c1-14-3-5-15(6-4-14)11-21-8-7-20(12-18(21)22)10-16-9-17(25-13-16)19(23)24-2/h3-6,9,13H,7-8,10-12H2,1-2H3. The first-order valence-electron chi connectivity index (χ1n) is 8.26. The van der Waals surface area contributed by atoms with Crippen LogP contribution in [0.2, 0.25) is 0 Å². The van der Waals surface area contributed by atoms with Gasteiger partial charge in [-0.2, -0.15) is 0 Å². The number of carbonyl (C=O) groups excluding carboxylic acids is 2. The SMILES string of the molecule is COC(=O)c1cc(CN2CCN(Cc3ccc(C)cc3)C(=O)C2)cs1. The summed E-state index contributed by atoms with van der Waals surface area (Å²) in [5.74, 6) is -0.162.